The zero-order chi connectivity index (χ0) is 8.43. The molecular weight excluding hydrogens is 278 g/mol. The van der Waals surface area contributed by atoms with Crippen LogP contribution in [0.1, 0.15) is 0 Å². The molecule has 5 heteroatoms. The predicted octanol–water partition coefficient (Wildman–Crippen LogP) is 1.03. The van der Waals surface area contributed by atoms with E-state index in [0.29, 0.717) is 5.33 Å². The van der Waals surface area contributed by atoms with E-state index in [-0.39, 0.29) is 16.8 Å². The number of nitrogens with zero attached hydrogens (tertiary/aromatic N) is 1. The molecule has 0 unspecified atom stereocenters. The van der Waals surface area contributed by atoms with Gasteiger partial charge in [-0.15, -0.1) is 0 Å². The second-order valence-electron chi connectivity index (χ2n) is 1.97. The summed E-state index contributed by atoms with van der Waals surface area (Å²) in [5, 5.41) is 0.534. The van der Waals surface area contributed by atoms with Crippen molar-refractivity contribution in [2.75, 3.05) is 5.33 Å². The highest BCUT2D eigenvalue weighted by molar-refractivity contribution is 9.12. The van der Waals surface area contributed by atoms with E-state index in [9.17, 15) is 9.59 Å². The van der Waals surface area contributed by atoms with Crippen LogP contribution in [0.5, 0.6) is 0 Å². The Morgan fingerprint density at radius 2 is 1.82 bits per heavy atom. The van der Waals surface area contributed by atoms with E-state index in [1.54, 1.807) is 0 Å². The van der Waals surface area contributed by atoms with Crippen molar-refractivity contribution in [3.05, 3.63) is 12.2 Å². The van der Waals surface area contributed by atoms with Gasteiger partial charge in [0.1, 0.15) is 4.95 Å². The Labute approximate surface area is 80.7 Å². The summed E-state index contributed by atoms with van der Waals surface area (Å²) in [6.45, 7) is 0. The van der Waals surface area contributed by atoms with Gasteiger partial charge in [-0.3, -0.25) is 14.5 Å². The standard InChI is InChI=1S/C6H5Br2NO2/c7-3-4(8)9-5(10)1-2-6(9)11/h1-2,4H,3H2/t4-/m0/s1. The molecule has 1 heterocycles. The molecule has 0 aliphatic carbocycles. The molecule has 60 valence electrons. The van der Waals surface area contributed by atoms with Crippen LogP contribution in [-0.4, -0.2) is 27.0 Å². The molecule has 3 nitrogen and oxygen atoms in total. The first kappa shape index (κ1) is 8.93. The van der Waals surface area contributed by atoms with Crippen molar-refractivity contribution in [1.29, 1.82) is 0 Å². The SMILES string of the molecule is O=C1C=CC(=O)N1[C@H](Br)CBr. The molecule has 0 N–H and O–H groups in total. The quantitative estimate of drug-likeness (QED) is 0.431. The summed E-state index contributed by atoms with van der Waals surface area (Å²) in [6.07, 6.45) is 2.53. The van der Waals surface area contributed by atoms with Gasteiger partial charge in [-0.2, -0.15) is 0 Å². The third-order valence-electron chi connectivity index (χ3n) is 1.25. The fourth-order valence-electron chi connectivity index (χ4n) is 0.757. The van der Waals surface area contributed by atoms with Gasteiger partial charge in [-0.1, -0.05) is 31.9 Å². The minimum Gasteiger partial charge on any atom is -0.269 e. The second-order valence-corrected chi connectivity index (χ2v) is 3.67. The maximum Gasteiger partial charge on any atom is 0.254 e. The molecule has 0 aromatic rings. The molecule has 1 aliphatic heterocycles. The molecular formula is C6H5Br2NO2. The Kier molecular flexibility index (Phi) is 2.84. The van der Waals surface area contributed by atoms with Crippen LogP contribution in [-0.2, 0) is 9.59 Å². The van der Waals surface area contributed by atoms with Crippen LogP contribution in [0.25, 0.3) is 0 Å². The summed E-state index contributed by atoms with van der Waals surface area (Å²) in [7, 11) is 0. The van der Waals surface area contributed by atoms with E-state index in [0.717, 1.165) is 4.90 Å². The van der Waals surface area contributed by atoms with Crippen LogP contribution in [0.3, 0.4) is 0 Å². The molecule has 1 aliphatic rings. The smallest absolute Gasteiger partial charge is 0.254 e. The van der Waals surface area contributed by atoms with Gasteiger partial charge in [-0.05, 0) is 0 Å². The molecule has 1 atom stereocenters. The fourth-order valence-corrected chi connectivity index (χ4v) is 1.45. The predicted molar refractivity (Wildman–Crippen MR) is 47.5 cm³/mol. The first-order valence-corrected chi connectivity index (χ1v) is 4.96. The zero-order valence-corrected chi connectivity index (χ0v) is 8.63. The Balaban J connectivity index is 2.73. The monoisotopic (exact) mass is 281 g/mol. The van der Waals surface area contributed by atoms with Crippen LogP contribution < -0.4 is 0 Å². The summed E-state index contributed by atoms with van der Waals surface area (Å²) < 4.78 is 0. The Hall–Kier alpha value is -0.160. The summed E-state index contributed by atoms with van der Waals surface area (Å²) in [4.78, 5) is 22.8. The Morgan fingerprint density at radius 3 is 2.18 bits per heavy atom. The van der Waals surface area contributed by atoms with E-state index in [4.69, 9.17) is 0 Å². The van der Waals surface area contributed by atoms with Crippen LogP contribution in [0.2, 0.25) is 0 Å². The van der Waals surface area contributed by atoms with Crippen LogP contribution in [0.4, 0.5) is 0 Å². The van der Waals surface area contributed by atoms with E-state index in [2.05, 4.69) is 31.9 Å². The van der Waals surface area contributed by atoms with Gasteiger partial charge in [0.15, 0.2) is 0 Å². The number of carbonyl (C=O) groups is 2. The van der Waals surface area contributed by atoms with Crippen molar-refractivity contribution >= 4 is 43.7 Å². The summed E-state index contributed by atoms with van der Waals surface area (Å²) in [5.74, 6) is -0.535. The van der Waals surface area contributed by atoms with Crippen molar-refractivity contribution in [3.63, 3.8) is 0 Å². The van der Waals surface area contributed by atoms with Gasteiger partial charge in [0, 0.05) is 17.5 Å². The number of imide groups is 1. The van der Waals surface area contributed by atoms with Gasteiger partial charge in [0.2, 0.25) is 0 Å². The lowest BCUT2D eigenvalue weighted by molar-refractivity contribution is -0.136. The van der Waals surface area contributed by atoms with Crippen LogP contribution in [0, 0.1) is 0 Å². The van der Waals surface area contributed by atoms with Crippen molar-refractivity contribution < 1.29 is 9.59 Å². The Bertz CT molecular complexity index is 209. The highest BCUT2D eigenvalue weighted by atomic mass is 79.9. The average Bonchev–Trinajstić information content (AvgIpc) is 2.30. The van der Waals surface area contributed by atoms with E-state index >= 15 is 0 Å². The summed E-state index contributed by atoms with van der Waals surface area (Å²) in [6, 6.07) is 0. The van der Waals surface area contributed by atoms with Gasteiger partial charge in [-0.25, -0.2) is 0 Å². The average molecular weight is 283 g/mol. The minimum atomic E-state index is -0.267. The Morgan fingerprint density at radius 1 is 1.36 bits per heavy atom. The largest absolute Gasteiger partial charge is 0.269 e. The summed E-state index contributed by atoms with van der Waals surface area (Å²) >= 11 is 6.34. The highest BCUT2D eigenvalue weighted by Gasteiger charge is 2.28. The van der Waals surface area contributed by atoms with E-state index < -0.39 is 0 Å². The number of alkyl halides is 2. The maximum absolute atomic E-state index is 11.0. The lowest BCUT2D eigenvalue weighted by Gasteiger charge is -2.17. The van der Waals surface area contributed by atoms with Crippen molar-refractivity contribution in [3.8, 4) is 0 Å². The first-order valence-electron chi connectivity index (χ1n) is 2.92. The molecule has 11 heavy (non-hydrogen) atoms. The molecule has 0 radical (unpaired) electrons. The zero-order valence-electron chi connectivity index (χ0n) is 5.46. The van der Waals surface area contributed by atoms with Crippen LogP contribution in [0.15, 0.2) is 12.2 Å². The van der Waals surface area contributed by atoms with Gasteiger partial charge < -0.3 is 0 Å². The molecule has 0 aromatic carbocycles. The maximum atomic E-state index is 11.0. The van der Waals surface area contributed by atoms with E-state index in [1.807, 2.05) is 0 Å². The third-order valence-corrected chi connectivity index (χ3v) is 3.47. The lowest BCUT2D eigenvalue weighted by atomic mass is 10.5. The normalized spacial score (nSPS) is 19.6. The number of hydrogen-bond acceptors (Lipinski definition) is 2. The number of amides is 2. The number of carbonyl (C=O) groups excluding carboxylic acids is 2. The molecule has 0 saturated carbocycles. The number of hydrogen-bond donors (Lipinski definition) is 0. The van der Waals surface area contributed by atoms with Crippen molar-refractivity contribution in [2.24, 2.45) is 0 Å². The third kappa shape index (κ3) is 1.70. The molecule has 0 spiro atoms. The molecule has 0 aromatic heterocycles. The highest BCUT2D eigenvalue weighted by Crippen LogP contribution is 2.15. The first-order chi connectivity index (χ1) is 5.16. The second kappa shape index (κ2) is 3.49. The topological polar surface area (TPSA) is 37.4 Å². The molecule has 0 fully saturated rings. The van der Waals surface area contributed by atoms with E-state index in [1.165, 1.54) is 12.2 Å². The van der Waals surface area contributed by atoms with Gasteiger partial charge in [0.05, 0.1) is 0 Å². The number of rotatable bonds is 2. The van der Waals surface area contributed by atoms with Crippen molar-refractivity contribution in [2.45, 2.75) is 4.95 Å². The van der Waals surface area contributed by atoms with Crippen LogP contribution >= 0.6 is 31.9 Å². The van der Waals surface area contributed by atoms with Gasteiger partial charge in [0.25, 0.3) is 11.8 Å². The molecule has 0 bridgehead atoms. The molecule has 2 amide bonds. The molecule has 0 saturated heterocycles. The van der Waals surface area contributed by atoms with Crippen molar-refractivity contribution in [1.82, 2.24) is 4.90 Å². The van der Waals surface area contributed by atoms with Gasteiger partial charge >= 0.3 is 0 Å². The molecule has 1 rings (SSSR count). The number of halogens is 2. The lowest BCUT2D eigenvalue weighted by Crippen LogP contribution is -2.37. The minimum absolute atomic E-state index is 0.252. The summed E-state index contributed by atoms with van der Waals surface area (Å²) in [5.41, 5.74) is 0. The fraction of sp³-hybridized carbons (Fsp3) is 0.333.